The smallest absolute Gasteiger partial charge is 0.315 e. The van der Waals surface area contributed by atoms with E-state index in [4.69, 9.17) is 4.74 Å². The molecule has 5 nitrogen and oxygen atoms in total. The Bertz CT molecular complexity index is 557. The monoisotopic (exact) mass is 341 g/mol. The van der Waals surface area contributed by atoms with Crippen molar-refractivity contribution in [1.29, 1.82) is 0 Å². The molecular formula is C17H25F2N3O2. The average molecular weight is 341 g/mol. The first-order valence-electron chi connectivity index (χ1n) is 8.26. The third-order valence-corrected chi connectivity index (χ3v) is 4.27. The first kappa shape index (κ1) is 18.6. The average Bonchev–Trinajstić information content (AvgIpc) is 2.98. The van der Waals surface area contributed by atoms with Crippen molar-refractivity contribution in [2.24, 2.45) is 0 Å². The number of rotatable bonds is 7. The molecule has 0 bridgehead atoms. The Hall–Kier alpha value is -1.73. The van der Waals surface area contributed by atoms with E-state index >= 15 is 0 Å². The highest BCUT2D eigenvalue weighted by molar-refractivity contribution is 5.74. The summed E-state index contributed by atoms with van der Waals surface area (Å²) in [5, 5.41) is 5.69. The second kappa shape index (κ2) is 8.94. The van der Waals surface area contributed by atoms with Crippen molar-refractivity contribution in [3.8, 4) is 0 Å². The van der Waals surface area contributed by atoms with E-state index in [9.17, 15) is 13.6 Å². The SMILES string of the molecule is CCC(NC(=O)NC1CCN(CCOC)C1)c1ccc(F)cc1F. The van der Waals surface area contributed by atoms with Crippen molar-refractivity contribution < 1.29 is 18.3 Å². The second-order valence-corrected chi connectivity index (χ2v) is 6.02. The van der Waals surface area contributed by atoms with Crippen molar-refractivity contribution in [3.63, 3.8) is 0 Å². The summed E-state index contributed by atoms with van der Waals surface area (Å²) in [6.07, 6.45) is 1.39. The molecule has 0 saturated carbocycles. The van der Waals surface area contributed by atoms with Crippen LogP contribution in [-0.2, 0) is 4.74 Å². The van der Waals surface area contributed by atoms with Gasteiger partial charge in [0.2, 0.25) is 0 Å². The first-order chi connectivity index (χ1) is 11.5. The van der Waals surface area contributed by atoms with Crippen LogP contribution in [0.5, 0.6) is 0 Å². The van der Waals surface area contributed by atoms with E-state index in [1.807, 2.05) is 6.92 Å². The molecule has 24 heavy (non-hydrogen) atoms. The van der Waals surface area contributed by atoms with Crippen LogP contribution in [0.15, 0.2) is 18.2 Å². The highest BCUT2D eigenvalue weighted by Gasteiger charge is 2.24. The summed E-state index contributed by atoms with van der Waals surface area (Å²) in [5.74, 6) is -1.27. The van der Waals surface area contributed by atoms with E-state index in [1.54, 1.807) is 7.11 Å². The van der Waals surface area contributed by atoms with Gasteiger partial charge in [0, 0.05) is 44.4 Å². The molecule has 1 heterocycles. The number of amides is 2. The quantitative estimate of drug-likeness (QED) is 0.801. The van der Waals surface area contributed by atoms with Crippen molar-refractivity contribution >= 4 is 6.03 Å². The number of benzene rings is 1. The van der Waals surface area contributed by atoms with Crippen LogP contribution in [0.4, 0.5) is 13.6 Å². The number of carbonyl (C=O) groups is 1. The zero-order valence-corrected chi connectivity index (χ0v) is 14.1. The van der Waals surface area contributed by atoms with Crippen LogP contribution in [0.2, 0.25) is 0 Å². The van der Waals surface area contributed by atoms with Gasteiger partial charge in [0.05, 0.1) is 12.6 Å². The molecule has 0 spiro atoms. The van der Waals surface area contributed by atoms with Gasteiger partial charge in [0.15, 0.2) is 0 Å². The molecule has 134 valence electrons. The summed E-state index contributed by atoms with van der Waals surface area (Å²) in [5.41, 5.74) is 0.294. The topological polar surface area (TPSA) is 53.6 Å². The molecule has 1 aromatic carbocycles. The van der Waals surface area contributed by atoms with Gasteiger partial charge in [-0.2, -0.15) is 0 Å². The number of likely N-dealkylation sites (tertiary alicyclic amines) is 1. The lowest BCUT2D eigenvalue weighted by atomic mass is 10.0. The Morgan fingerprint density at radius 1 is 1.46 bits per heavy atom. The lowest BCUT2D eigenvalue weighted by Gasteiger charge is -2.21. The van der Waals surface area contributed by atoms with Crippen LogP contribution >= 0.6 is 0 Å². The summed E-state index contributed by atoms with van der Waals surface area (Å²) < 4.78 is 32.0. The van der Waals surface area contributed by atoms with Gasteiger partial charge >= 0.3 is 6.03 Å². The van der Waals surface area contributed by atoms with Crippen molar-refractivity contribution in [1.82, 2.24) is 15.5 Å². The minimum Gasteiger partial charge on any atom is -0.383 e. The van der Waals surface area contributed by atoms with Crippen molar-refractivity contribution in [2.45, 2.75) is 31.8 Å². The zero-order valence-electron chi connectivity index (χ0n) is 14.1. The number of ether oxygens (including phenoxy) is 1. The lowest BCUT2D eigenvalue weighted by Crippen LogP contribution is -2.44. The molecule has 2 amide bonds. The molecular weight excluding hydrogens is 316 g/mol. The Kier molecular flexibility index (Phi) is 6.93. The number of hydrogen-bond donors (Lipinski definition) is 2. The maximum atomic E-state index is 13.9. The van der Waals surface area contributed by atoms with Gasteiger partial charge in [-0.3, -0.25) is 4.90 Å². The predicted octanol–water partition coefficient (Wildman–Crippen LogP) is 2.44. The van der Waals surface area contributed by atoms with Gasteiger partial charge in [0.25, 0.3) is 0 Å². The Labute approximate surface area is 141 Å². The summed E-state index contributed by atoms with van der Waals surface area (Å²) in [7, 11) is 1.67. The lowest BCUT2D eigenvalue weighted by molar-refractivity contribution is 0.159. The number of methoxy groups -OCH3 is 1. The van der Waals surface area contributed by atoms with E-state index in [0.29, 0.717) is 18.6 Å². The minimum absolute atomic E-state index is 0.0671. The van der Waals surface area contributed by atoms with Crippen LogP contribution in [-0.4, -0.2) is 50.3 Å². The maximum Gasteiger partial charge on any atom is 0.315 e. The normalized spacial score (nSPS) is 19.2. The van der Waals surface area contributed by atoms with Gasteiger partial charge in [-0.25, -0.2) is 13.6 Å². The summed E-state index contributed by atoms with van der Waals surface area (Å²) >= 11 is 0. The van der Waals surface area contributed by atoms with E-state index in [2.05, 4.69) is 15.5 Å². The minimum atomic E-state index is -0.645. The highest BCUT2D eigenvalue weighted by Crippen LogP contribution is 2.21. The Morgan fingerprint density at radius 3 is 2.92 bits per heavy atom. The molecule has 1 aliphatic heterocycles. The third-order valence-electron chi connectivity index (χ3n) is 4.27. The van der Waals surface area contributed by atoms with Gasteiger partial charge in [0.1, 0.15) is 11.6 Å². The van der Waals surface area contributed by atoms with E-state index in [1.165, 1.54) is 12.1 Å². The van der Waals surface area contributed by atoms with E-state index in [-0.39, 0.29) is 12.1 Å². The summed E-state index contributed by atoms with van der Waals surface area (Å²) in [6.45, 7) is 5.04. The molecule has 1 aromatic rings. The van der Waals surface area contributed by atoms with Gasteiger partial charge in [-0.15, -0.1) is 0 Å². The molecule has 1 saturated heterocycles. The summed E-state index contributed by atoms with van der Waals surface area (Å²) in [4.78, 5) is 14.4. The van der Waals surface area contributed by atoms with Gasteiger partial charge < -0.3 is 15.4 Å². The number of halogens is 2. The number of hydrogen-bond acceptors (Lipinski definition) is 3. The Balaban J connectivity index is 1.86. The van der Waals surface area contributed by atoms with Gasteiger partial charge in [-0.05, 0) is 18.9 Å². The van der Waals surface area contributed by atoms with Crippen molar-refractivity contribution in [3.05, 3.63) is 35.4 Å². The van der Waals surface area contributed by atoms with E-state index in [0.717, 1.165) is 32.1 Å². The molecule has 0 aromatic heterocycles. The maximum absolute atomic E-state index is 13.9. The molecule has 2 N–H and O–H groups in total. The van der Waals surface area contributed by atoms with Crippen LogP contribution < -0.4 is 10.6 Å². The third kappa shape index (κ3) is 5.14. The fraction of sp³-hybridized carbons (Fsp3) is 0.588. The molecule has 2 rings (SSSR count). The molecule has 2 unspecified atom stereocenters. The number of nitrogens with one attached hydrogen (secondary N) is 2. The molecule has 2 atom stereocenters. The number of urea groups is 1. The predicted molar refractivity (Wildman–Crippen MR) is 87.8 cm³/mol. The standard InChI is InChI=1S/C17H25F2N3O2/c1-3-16(14-5-4-12(18)10-15(14)19)21-17(23)20-13-6-7-22(11-13)8-9-24-2/h4-5,10,13,16H,3,6-9,11H2,1-2H3,(H2,20,21,23). The van der Waals surface area contributed by atoms with Crippen LogP contribution in [0.25, 0.3) is 0 Å². The van der Waals surface area contributed by atoms with Gasteiger partial charge in [-0.1, -0.05) is 13.0 Å². The largest absolute Gasteiger partial charge is 0.383 e. The Morgan fingerprint density at radius 2 is 2.25 bits per heavy atom. The number of nitrogens with zero attached hydrogens (tertiary/aromatic N) is 1. The van der Waals surface area contributed by atoms with E-state index < -0.39 is 17.7 Å². The fourth-order valence-electron chi connectivity index (χ4n) is 2.94. The fourth-order valence-corrected chi connectivity index (χ4v) is 2.94. The van der Waals surface area contributed by atoms with Crippen LogP contribution in [0.1, 0.15) is 31.4 Å². The van der Waals surface area contributed by atoms with Crippen molar-refractivity contribution in [2.75, 3.05) is 33.4 Å². The molecule has 7 heteroatoms. The number of carbonyl (C=O) groups excluding carboxylic acids is 1. The zero-order chi connectivity index (χ0) is 17.5. The second-order valence-electron chi connectivity index (χ2n) is 6.02. The molecule has 1 aliphatic rings. The summed E-state index contributed by atoms with van der Waals surface area (Å²) in [6, 6.07) is 2.66. The van der Waals surface area contributed by atoms with Crippen LogP contribution in [0, 0.1) is 11.6 Å². The molecule has 0 radical (unpaired) electrons. The first-order valence-corrected chi connectivity index (χ1v) is 8.26. The van der Waals surface area contributed by atoms with Crippen LogP contribution in [0.3, 0.4) is 0 Å². The molecule has 1 fully saturated rings. The highest BCUT2D eigenvalue weighted by atomic mass is 19.1. The molecule has 0 aliphatic carbocycles.